The van der Waals surface area contributed by atoms with E-state index < -0.39 is 0 Å². The highest BCUT2D eigenvalue weighted by Gasteiger charge is 2.34. The van der Waals surface area contributed by atoms with Crippen LogP contribution in [0.2, 0.25) is 0 Å². The van der Waals surface area contributed by atoms with Gasteiger partial charge in [-0.15, -0.1) is 0 Å². The molecule has 0 spiro atoms. The number of hydrogen-bond donors (Lipinski definition) is 1. The predicted octanol–water partition coefficient (Wildman–Crippen LogP) is 2.82. The average molecular weight is 310 g/mol. The first-order chi connectivity index (χ1) is 10.7. The van der Waals surface area contributed by atoms with Crippen molar-refractivity contribution in [1.82, 2.24) is 10.2 Å². The van der Waals surface area contributed by atoms with Crippen molar-refractivity contribution in [2.45, 2.75) is 71.4 Å². The number of nitrogens with one attached hydrogen (secondary N) is 1. The Morgan fingerprint density at radius 3 is 2.50 bits per heavy atom. The Morgan fingerprint density at radius 1 is 1.23 bits per heavy atom. The Morgan fingerprint density at radius 2 is 1.91 bits per heavy atom. The molecule has 0 radical (unpaired) electrons. The van der Waals surface area contributed by atoms with Crippen molar-refractivity contribution in [2.75, 3.05) is 26.3 Å². The molecule has 128 valence electrons. The number of amides is 1. The highest BCUT2D eigenvalue weighted by molar-refractivity contribution is 5.82. The smallest absolute Gasteiger partial charge is 0.237 e. The summed E-state index contributed by atoms with van der Waals surface area (Å²) in [5.74, 6) is 1.45. The van der Waals surface area contributed by atoms with Crippen LogP contribution in [0.1, 0.15) is 59.3 Å². The summed E-state index contributed by atoms with van der Waals surface area (Å²) < 4.78 is 5.47. The van der Waals surface area contributed by atoms with Crippen molar-refractivity contribution >= 4 is 5.91 Å². The van der Waals surface area contributed by atoms with Gasteiger partial charge >= 0.3 is 0 Å². The van der Waals surface area contributed by atoms with Crippen molar-refractivity contribution in [3.05, 3.63) is 0 Å². The zero-order valence-electron chi connectivity index (χ0n) is 14.6. The molecule has 1 saturated heterocycles. The van der Waals surface area contributed by atoms with Crippen molar-refractivity contribution in [1.29, 1.82) is 0 Å². The molecule has 4 heteroatoms. The first-order valence-electron chi connectivity index (χ1n) is 9.27. The monoisotopic (exact) mass is 310 g/mol. The van der Waals surface area contributed by atoms with Gasteiger partial charge in [-0.05, 0) is 24.7 Å². The SMILES string of the molecule is CCC(CC)C(C(=O)NC1CCCC(C)C1)N1CCOCC1. The Balaban J connectivity index is 2.00. The maximum atomic E-state index is 13.0. The molecule has 0 aromatic carbocycles. The van der Waals surface area contributed by atoms with Crippen LogP contribution in [0.15, 0.2) is 0 Å². The second kappa shape index (κ2) is 8.88. The van der Waals surface area contributed by atoms with Crippen molar-refractivity contribution in [3.8, 4) is 0 Å². The number of ether oxygens (including phenoxy) is 1. The van der Waals surface area contributed by atoms with E-state index >= 15 is 0 Å². The number of carbonyl (C=O) groups excluding carboxylic acids is 1. The number of carbonyl (C=O) groups is 1. The molecule has 3 unspecified atom stereocenters. The fourth-order valence-electron chi connectivity index (χ4n) is 4.12. The lowest BCUT2D eigenvalue weighted by Gasteiger charge is -2.39. The lowest BCUT2D eigenvalue weighted by atomic mass is 9.86. The molecule has 0 aromatic heterocycles. The van der Waals surface area contributed by atoms with Gasteiger partial charge in [-0.25, -0.2) is 0 Å². The van der Waals surface area contributed by atoms with E-state index in [2.05, 4.69) is 31.0 Å². The molecule has 0 aromatic rings. The third-order valence-corrected chi connectivity index (χ3v) is 5.49. The molecular formula is C18H34N2O2. The average Bonchev–Trinajstić information content (AvgIpc) is 2.53. The number of hydrogen-bond acceptors (Lipinski definition) is 3. The molecule has 1 amide bonds. The second-order valence-corrected chi connectivity index (χ2v) is 7.15. The van der Waals surface area contributed by atoms with Gasteiger partial charge in [-0.3, -0.25) is 9.69 Å². The maximum absolute atomic E-state index is 13.0. The summed E-state index contributed by atoms with van der Waals surface area (Å²) in [4.78, 5) is 15.3. The first kappa shape index (κ1) is 17.7. The molecule has 1 saturated carbocycles. The van der Waals surface area contributed by atoms with E-state index in [1.807, 2.05) is 0 Å². The van der Waals surface area contributed by atoms with E-state index in [4.69, 9.17) is 4.74 Å². The fourth-order valence-corrected chi connectivity index (χ4v) is 4.12. The number of rotatable bonds is 6. The Hall–Kier alpha value is -0.610. The molecular weight excluding hydrogens is 276 g/mol. The van der Waals surface area contributed by atoms with Crippen molar-refractivity contribution in [3.63, 3.8) is 0 Å². The fraction of sp³-hybridized carbons (Fsp3) is 0.944. The normalized spacial score (nSPS) is 28.5. The Kier molecular flexibility index (Phi) is 7.16. The molecule has 3 atom stereocenters. The van der Waals surface area contributed by atoms with Crippen LogP contribution in [0.5, 0.6) is 0 Å². The standard InChI is InChI=1S/C18H34N2O2/c1-4-15(5-2)17(20-9-11-22-12-10-20)18(21)19-16-8-6-7-14(3)13-16/h14-17H,4-13H2,1-3H3,(H,19,21). The maximum Gasteiger partial charge on any atom is 0.237 e. The van der Waals surface area contributed by atoms with Crippen LogP contribution in [0, 0.1) is 11.8 Å². The van der Waals surface area contributed by atoms with Crippen LogP contribution in [-0.4, -0.2) is 49.2 Å². The molecule has 2 rings (SSSR count). The Labute approximate surface area is 136 Å². The largest absolute Gasteiger partial charge is 0.379 e. The van der Waals surface area contributed by atoms with Crippen LogP contribution in [0.25, 0.3) is 0 Å². The van der Waals surface area contributed by atoms with E-state index in [0.717, 1.165) is 57.9 Å². The summed E-state index contributed by atoms with van der Waals surface area (Å²) in [6, 6.07) is 0.408. The third-order valence-electron chi connectivity index (χ3n) is 5.49. The first-order valence-corrected chi connectivity index (χ1v) is 9.27. The lowest BCUT2D eigenvalue weighted by Crippen LogP contribution is -2.56. The molecule has 1 aliphatic heterocycles. The van der Waals surface area contributed by atoms with E-state index in [1.54, 1.807) is 0 Å². The van der Waals surface area contributed by atoms with Crippen LogP contribution in [0.3, 0.4) is 0 Å². The minimum absolute atomic E-state index is 0.0242. The van der Waals surface area contributed by atoms with Gasteiger partial charge in [-0.2, -0.15) is 0 Å². The molecule has 1 aliphatic carbocycles. The third kappa shape index (κ3) is 4.69. The van der Waals surface area contributed by atoms with Gasteiger partial charge in [0, 0.05) is 19.1 Å². The highest BCUT2D eigenvalue weighted by atomic mass is 16.5. The van der Waals surface area contributed by atoms with Crippen molar-refractivity contribution in [2.24, 2.45) is 11.8 Å². The highest BCUT2D eigenvalue weighted by Crippen LogP contribution is 2.25. The Bertz CT molecular complexity index is 338. The minimum Gasteiger partial charge on any atom is -0.379 e. The van der Waals surface area contributed by atoms with E-state index in [1.165, 1.54) is 12.8 Å². The van der Waals surface area contributed by atoms with Gasteiger partial charge < -0.3 is 10.1 Å². The minimum atomic E-state index is 0.0242. The number of nitrogens with zero attached hydrogens (tertiary/aromatic N) is 1. The molecule has 2 aliphatic rings. The summed E-state index contributed by atoms with van der Waals surface area (Å²) in [6.45, 7) is 9.99. The predicted molar refractivity (Wildman–Crippen MR) is 89.8 cm³/mol. The van der Waals surface area contributed by atoms with Crippen LogP contribution in [0.4, 0.5) is 0 Å². The van der Waals surface area contributed by atoms with Crippen molar-refractivity contribution < 1.29 is 9.53 Å². The van der Waals surface area contributed by atoms with Gasteiger partial charge in [0.2, 0.25) is 5.91 Å². The topological polar surface area (TPSA) is 41.6 Å². The summed E-state index contributed by atoms with van der Waals surface area (Å²) in [7, 11) is 0. The summed E-state index contributed by atoms with van der Waals surface area (Å²) in [6.07, 6.45) is 6.98. The summed E-state index contributed by atoms with van der Waals surface area (Å²) in [5.41, 5.74) is 0. The molecule has 4 nitrogen and oxygen atoms in total. The quantitative estimate of drug-likeness (QED) is 0.820. The zero-order chi connectivity index (χ0) is 15.9. The second-order valence-electron chi connectivity index (χ2n) is 7.15. The lowest BCUT2D eigenvalue weighted by molar-refractivity contribution is -0.131. The van der Waals surface area contributed by atoms with Gasteiger partial charge in [0.25, 0.3) is 0 Å². The molecule has 2 fully saturated rings. The van der Waals surface area contributed by atoms with Gasteiger partial charge in [0.1, 0.15) is 0 Å². The molecule has 0 bridgehead atoms. The molecule has 22 heavy (non-hydrogen) atoms. The molecule has 1 N–H and O–H groups in total. The summed E-state index contributed by atoms with van der Waals surface area (Å²) in [5, 5.41) is 3.37. The van der Waals surface area contributed by atoms with E-state index in [0.29, 0.717) is 12.0 Å². The van der Waals surface area contributed by atoms with Crippen LogP contribution < -0.4 is 5.32 Å². The summed E-state index contributed by atoms with van der Waals surface area (Å²) >= 11 is 0. The van der Waals surface area contributed by atoms with Gasteiger partial charge in [0.05, 0.1) is 19.3 Å². The van der Waals surface area contributed by atoms with Crippen LogP contribution >= 0.6 is 0 Å². The zero-order valence-corrected chi connectivity index (χ0v) is 14.6. The van der Waals surface area contributed by atoms with Crippen LogP contribution in [-0.2, 0) is 9.53 Å². The number of morpholine rings is 1. The van der Waals surface area contributed by atoms with Gasteiger partial charge in [0.15, 0.2) is 0 Å². The van der Waals surface area contributed by atoms with E-state index in [-0.39, 0.29) is 11.9 Å². The van der Waals surface area contributed by atoms with E-state index in [9.17, 15) is 4.79 Å². The molecule has 1 heterocycles. The van der Waals surface area contributed by atoms with Gasteiger partial charge in [-0.1, -0.05) is 46.5 Å².